The first kappa shape index (κ1) is 15.6. The van der Waals surface area contributed by atoms with E-state index in [1.165, 1.54) is 0 Å². The fourth-order valence-electron chi connectivity index (χ4n) is 2.54. The molecule has 3 rings (SSSR count). The van der Waals surface area contributed by atoms with Crippen LogP contribution in [-0.2, 0) is 11.2 Å². The van der Waals surface area contributed by atoms with E-state index in [0.717, 1.165) is 22.0 Å². The number of carbonyl (C=O) groups excluding carboxylic acids is 1. The average molecular weight is 328 g/mol. The molecule has 0 bridgehead atoms. The second kappa shape index (κ2) is 6.44. The molecule has 4 N–H and O–H groups in total. The van der Waals surface area contributed by atoms with Crippen molar-refractivity contribution in [1.29, 1.82) is 0 Å². The van der Waals surface area contributed by atoms with Gasteiger partial charge in [-0.3, -0.25) is 4.79 Å². The van der Waals surface area contributed by atoms with Crippen molar-refractivity contribution in [2.45, 2.75) is 19.4 Å². The number of benzene rings is 2. The van der Waals surface area contributed by atoms with Gasteiger partial charge in [0, 0.05) is 27.8 Å². The summed E-state index contributed by atoms with van der Waals surface area (Å²) in [5, 5.41) is 4.52. The number of para-hydroxylation sites is 1. The summed E-state index contributed by atoms with van der Waals surface area (Å²) in [5.41, 5.74) is 9.75. The maximum absolute atomic E-state index is 12.3. The Balaban J connectivity index is 1.71. The third-order valence-corrected chi connectivity index (χ3v) is 4.30. The van der Waals surface area contributed by atoms with Gasteiger partial charge in [0.15, 0.2) is 0 Å². The number of aryl methyl sites for hydroxylation is 1. The Morgan fingerprint density at radius 1 is 1.30 bits per heavy atom. The number of fused-ring (bicyclic) bond motifs is 1. The molecule has 1 atom stereocenters. The standard InChI is InChI=1S/C18H18ClN3O/c1-11-6-7-13(9-15(11)19)22-18(23)16(20)8-12-10-21-17-5-3-2-4-14(12)17/h2-7,9-10,16,21H,8,20H2,1H3,(H,22,23)/t16-/m0/s1. The second-order valence-corrected chi connectivity index (χ2v) is 6.03. The lowest BCUT2D eigenvalue weighted by Gasteiger charge is -2.12. The molecule has 0 spiro atoms. The molecule has 1 amide bonds. The molecule has 0 aliphatic carbocycles. The summed E-state index contributed by atoms with van der Waals surface area (Å²) in [6.45, 7) is 1.91. The van der Waals surface area contributed by atoms with Gasteiger partial charge in [-0.2, -0.15) is 0 Å². The molecular formula is C18H18ClN3O. The molecule has 2 aromatic carbocycles. The predicted octanol–water partition coefficient (Wildman–Crippen LogP) is 3.64. The molecule has 5 heteroatoms. The van der Waals surface area contributed by atoms with E-state index < -0.39 is 6.04 Å². The number of amides is 1. The Morgan fingerprint density at radius 3 is 2.87 bits per heavy atom. The van der Waals surface area contributed by atoms with E-state index in [1.54, 1.807) is 6.07 Å². The van der Waals surface area contributed by atoms with Crippen LogP contribution in [0.3, 0.4) is 0 Å². The molecule has 0 saturated heterocycles. The lowest BCUT2D eigenvalue weighted by Crippen LogP contribution is -2.37. The summed E-state index contributed by atoms with van der Waals surface area (Å²) in [7, 11) is 0. The number of hydrogen-bond donors (Lipinski definition) is 3. The van der Waals surface area contributed by atoms with E-state index in [2.05, 4.69) is 10.3 Å². The smallest absolute Gasteiger partial charge is 0.241 e. The van der Waals surface area contributed by atoms with Gasteiger partial charge in [0.05, 0.1) is 6.04 Å². The lowest BCUT2D eigenvalue weighted by atomic mass is 10.0. The van der Waals surface area contributed by atoms with E-state index in [0.29, 0.717) is 17.1 Å². The summed E-state index contributed by atoms with van der Waals surface area (Å²) in [6, 6.07) is 12.7. The number of aromatic nitrogens is 1. The third-order valence-electron chi connectivity index (χ3n) is 3.89. The van der Waals surface area contributed by atoms with Crippen molar-refractivity contribution in [1.82, 2.24) is 4.98 Å². The number of anilines is 1. The van der Waals surface area contributed by atoms with Gasteiger partial charge in [0.2, 0.25) is 5.91 Å². The van der Waals surface area contributed by atoms with Crippen molar-refractivity contribution in [2.75, 3.05) is 5.32 Å². The fraction of sp³-hybridized carbons (Fsp3) is 0.167. The SMILES string of the molecule is Cc1ccc(NC(=O)[C@@H](N)Cc2c[nH]c3ccccc23)cc1Cl. The first-order chi connectivity index (χ1) is 11.0. The Bertz CT molecular complexity index is 856. The van der Waals surface area contributed by atoms with Crippen LogP contribution in [0.1, 0.15) is 11.1 Å². The number of H-pyrrole nitrogens is 1. The molecule has 0 aliphatic rings. The number of nitrogens with two attached hydrogens (primary N) is 1. The van der Waals surface area contributed by atoms with Crippen molar-refractivity contribution in [2.24, 2.45) is 5.73 Å². The molecule has 0 fully saturated rings. The van der Waals surface area contributed by atoms with Gasteiger partial charge in [0.1, 0.15) is 0 Å². The minimum absolute atomic E-state index is 0.227. The van der Waals surface area contributed by atoms with Gasteiger partial charge in [-0.05, 0) is 42.7 Å². The van der Waals surface area contributed by atoms with Crippen molar-refractivity contribution in [3.8, 4) is 0 Å². The van der Waals surface area contributed by atoms with E-state index >= 15 is 0 Å². The van der Waals surface area contributed by atoms with Crippen LogP contribution in [0.25, 0.3) is 10.9 Å². The van der Waals surface area contributed by atoms with Crippen LogP contribution in [0, 0.1) is 6.92 Å². The topological polar surface area (TPSA) is 70.9 Å². The van der Waals surface area contributed by atoms with Crippen molar-refractivity contribution < 1.29 is 4.79 Å². The van der Waals surface area contributed by atoms with Gasteiger partial charge in [-0.25, -0.2) is 0 Å². The van der Waals surface area contributed by atoms with Crippen LogP contribution in [0.5, 0.6) is 0 Å². The van der Waals surface area contributed by atoms with E-state index in [9.17, 15) is 4.79 Å². The molecule has 0 radical (unpaired) electrons. The van der Waals surface area contributed by atoms with Crippen LogP contribution in [-0.4, -0.2) is 16.9 Å². The number of rotatable bonds is 4. The summed E-state index contributed by atoms with van der Waals surface area (Å²) in [6.07, 6.45) is 2.37. The molecule has 0 saturated carbocycles. The molecular weight excluding hydrogens is 310 g/mol. The zero-order valence-corrected chi connectivity index (χ0v) is 13.5. The minimum atomic E-state index is -0.630. The highest BCUT2D eigenvalue weighted by Crippen LogP contribution is 2.21. The Morgan fingerprint density at radius 2 is 2.09 bits per heavy atom. The third kappa shape index (κ3) is 3.38. The van der Waals surface area contributed by atoms with Crippen LogP contribution < -0.4 is 11.1 Å². The zero-order chi connectivity index (χ0) is 16.4. The Kier molecular flexibility index (Phi) is 4.37. The quantitative estimate of drug-likeness (QED) is 0.684. The van der Waals surface area contributed by atoms with Gasteiger partial charge in [-0.1, -0.05) is 35.9 Å². The van der Waals surface area contributed by atoms with Crippen LogP contribution in [0.2, 0.25) is 5.02 Å². The second-order valence-electron chi connectivity index (χ2n) is 5.62. The van der Waals surface area contributed by atoms with Crippen LogP contribution in [0.4, 0.5) is 5.69 Å². The monoisotopic (exact) mass is 327 g/mol. The molecule has 1 heterocycles. The first-order valence-corrected chi connectivity index (χ1v) is 7.80. The van der Waals surface area contributed by atoms with Crippen molar-refractivity contribution in [3.63, 3.8) is 0 Å². The molecule has 23 heavy (non-hydrogen) atoms. The van der Waals surface area contributed by atoms with E-state index in [1.807, 2.05) is 49.5 Å². The average Bonchev–Trinajstić information content (AvgIpc) is 2.94. The maximum Gasteiger partial charge on any atom is 0.241 e. The highest BCUT2D eigenvalue weighted by atomic mass is 35.5. The Hall–Kier alpha value is -2.30. The number of nitrogens with one attached hydrogen (secondary N) is 2. The highest BCUT2D eigenvalue weighted by molar-refractivity contribution is 6.31. The number of halogens is 1. The van der Waals surface area contributed by atoms with Crippen LogP contribution >= 0.6 is 11.6 Å². The summed E-state index contributed by atoms with van der Waals surface area (Å²) in [4.78, 5) is 15.5. The number of hydrogen-bond acceptors (Lipinski definition) is 2. The zero-order valence-electron chi connectivity index (χ0n) is 12.8. The van der Waals surface area contributed by atoms with Gasteiger partial charge in [0.25, 0.3) is 0 Å². The Labute approximate surface area is 139 Å². The highest BCUT2D eigenvalue weighted by Gasteiger charge is 2.16. The van der Waals surface area contributed by atoms with Gasteiger partial charge < -0.3 is 16.0 Å². The van der Waals surface area contributed by atoms with Gasteiger partial charge >= 0.3 is 0 Å². The van der Waals surface area contributed by atoms with E-state index in [-0.39, 0.29) is 5.91 Å². The molecule has 118 valence electrons. The molecule has 3 aromatic rings. The van der Waals surface area contributed by atoms with Gasteiger partial charge in [-0.15, -0.1) is 0 Å². The molecule has 4 nitrogen and oxygen atoms in total. The lowest BCUT2D eigenvalue weighted by molar-refractivity contribution is -0.117. The van der Waals surface area contributed by atoms with Crippen molar-refractivity contribution in [3.05, 3.63) is 64.8 Å². The maximum atomic E-state index is 12.3. The van der Waals surface area contributed by atoms with E-state index in [4.69, 9.17) is 17.3 Å². The summed E-state index contributed by atoms with van der Waals surface area (Å²) >= 11 is 6.07. The molecule has 0 aliphatic heterocycles. The molecule has 1 aromatic heterocycles. The fourth-order valence-corrected chi connectivity index (χ4v) is 2.72. The van der Waals surface area contributed by atoms with Crippen LogP contribution in [0.15, 0.2) is 48.7 Å². The summed E-state index contributed by atoms with van der Waals surface area (Å²) in [5.74, 6) is -0.227. The summed E-state index contributed by atoms with van der Waals surface area (Å²) < 4.78 is 0. The minimum Gasteiger partial charge on any atom is -0.361 e. The predicted molar refractivity (Wildman–Crippen MR) is 94.8 cm³/mol. The number of aromatic amines is 1. The largest absolute Gasteiger partial charge is 0.361 e. The number of carbonyl (C=O) groups is 1. The normalized spacial score (nSPS) is 12.3. The molecule has 0 unspecified atom stereocenters. The van der Waals surface area contributed by atoms with Crippen molar-refractivity contribution >= 4 is 34.1 Å². The first-order valence-electron chi connectivity index (χ1n) is 7.42.